The number of carbonyl (C=O) groups is 2. The van der Waals surface area contributed by atoms with E-state index in [9.17, 15) is 9.59 Å². The van der Waals surface area contributed by atoms with E-state index in [4.69, 9.17) is 4.74 Å². The van der Waals surface area contributed by atoms with Crippen LogP contribution in [0.4, 0.5) is 0 Å². The van der Waals surface area contributed by atoms with E-state index in [2.05, 4.69) is 17.4 Å². The molecule has 28 heavy (non-hydrogen) atoms. The van der Waals surface area contributed by atoms with E-state index in [0.717, 1.165) is 25.7 Å². The Labute approximate surface area is 173 Å². The number of hydrogen-bond donors (Lipinski definition) is 1. The number of nitrogens with one attached hydrogen (secondary N) is 1. The lowest BCUT2D eigenvalue weighted by molar-refractivity contribution is -0.142. The molecule has 3 fully saturated rings. The van der Waals surface area contributed by atoms with Gasteiger partial charge in [-0.15, -0.1) is 12.4 Å². The zero-order valence-electron chi connectivity index (χ0n) is 16.2. The average molecular weight is 408 g/mol. The highest BCUT2D eigenvalue weighted by molar-refractivity contribution is 5.86. The van der Waals surface area contributed by atoms with Crippen LogP contribution in [0.3, 0.4) is 0 Å². The smallest absolute Gasteiger partial charge is 0.242 e. The van der Waals surface area contributed by atoms with Gasteiger partial charge < -0.3 is 19.9 Å². The Morgan fingerprint density at radius 3 is 2.54 bits per heavy atom. The molecule has 2 bridgehead atoms. The lowest BCUT2D eigenvalue weighted by atomic mass is 10.1. The molecule has 2 atom stereocenters. The van der Waals surface area contributed by atoms with Gasteiger partial charge in [-0.3, -0.25) is 9.59 Å². The summed E-state index contributed by atoms with van der Waals surface area (Å²) < 4.78 is 6.00. The Morgan fingerprint density at radius 2 is 1.79 bits per heavy atom. The first-order chi connectivity index (χ1) is 13.2. The molecule has 3 saturated heterocycles. The van der Waals surface area contributed by atoms with Crippen LogP contribution < -0.4 is 5.32 Å². The molecule has 6 nitrogen and oxygen atoms in total. The van der Waals surface area contributed by atoms with Gasteiger partial charge in [0.25, 0.3) is 0 Å². The van der Waals surface area contributed by atoms with Crippen molar-refractivity contribution in [2.45, 2.75) is 56.9 Å². The van der Waals surface area contributed by atoms with Gasteiger partial charge in [0, 0.05) is 38.1 Å². The number of rotatable bonds is 5. The third kappa shape index (κ3) is 5.25. The molecule has 0 unspecified atom stereocenters. The topological polar surface area (TPSA) is 61.9 Å². The molecule has 1 aromatic rings. The fourth-order valence-electron chi connectivity index (χ4n) is 4.39. The van der Waals surface area contributed by atoms with Gasteiger partial charge in [-0.1, -0.05) is 30.3 Å². The van der Waals surface area contributed by atoms with E-state index < -0.39 is 0 Å². The molecule has 3 aliphatic rings. The van der Waals surface area contributed by atoms with Crippen molar-refractivity contribution in [1.82, 2.24) is 15.1 Å². The Balaban J connectivity index is 0.00000225. The van der Waals surface area contributed by atoms with Gasteiger partial charge in [0.2, 0.25) is 11.8 Å². The summed E-state index contributed by atoms with van der Waals surface area (Å²) in [5, 5.41) is 3.50. The third-order valence-electron chi connectivity index (χ3n) is 6.00. The molecule has 1 N–H and O–H groups in total. The maximum absolute atomic E-state index is 12.7. The summed E-state index contributed by atoms with van der Waals surface area (Å²) >= 11 is 0. The number of likely N-dealkylation sites (tertiary alicyclic amines) is 2. The zero-order chi connectivity index (χ0) is 18.6. The zero-order valence-corrected chi connectivity index (χ0v) is 17.0. The summed E-state index contributed by atoms with van der Waals surface area (Å²) in [6.45, 7) is 2.93. The van der Waals surface area contributed by atoms with Gasteiger partial charge in [-0.2, -0.15) is 0 Å². The van der Waals surface area contributed by atoms with Crippen LogP contribution in [0.25, 0.3) is 0 Å². The van der Waals surface area contributed by atoms with Crippen molar-refractivity contribution in [1.29, 1.82) is 0 Å². The predicted molar refractivity (Wildman–Crippen MR) is 109 cm³/mol. The van der Waals surface area contributed by atoms with Gasteiger partial charge in [0.15, 0.2) is 0 Å². The minimum absolute atomic E-state index is 0. The first kappa shape index (κ1) is 21.1. The lowest BCUT2D eigenvalue weighted by Crippen LogP contribution is -2.48. The standard InChI is InChI=1S/C21H29N3O3.ClH/c25-20-12-17-6-7-18(22-17)13-24(20)14-21(26)23-10-8-19(9-11-23)27-15-16-4-2-1-3-5-16;/h1-5,17-19,22H,6-15H2;1H/t17-,18+;/m1./s1. The Morgan fingerprint density at radius 1 is 1.07 bits per heavy atom. The fraction of sp³-hybridized carbons (Fsp3) is 0.619. The van der Waals surface area contributed by atoms with E-state index in [1.54, 1.807) is 4.90 Å². The molecule has 4 rings (SSSR count). The summed E-state index contributed by atoms with van der Waals surface area (Å²) in [4.78, 5) is 28.7. The fourth-order valence-corrected chi connectivity index (χ4v) is 4.39. The number of amides is 2. The Bertz CT molecular complexity index is 664. The molecule has 0 saturated carbocycles. The van der Waals surface area contributed by atoms with Crippen molar-refractivity contribution in [3.63, 3.8) is 0 Å². The number of hydrogen-bond acceptors (Lipinski definition) is 4. The van der Waals surface area contributed by atoms with Crippen molar-refractivity contribution < 1.29 is 14.3 Å². The van der Waals surface area contributed by atoms with Gasteiger partial charge in [0.05, 0.1) is 19.3 Å². The molecule has 2 amide bonds. The largest absolute Gasteiger partial charge is 0.373 e. The molecule has 0 aliphatic carbocycles. The van der Waals surface area contributed by atoms with Crippen molar-refractivity contribution >= 4 is 24.2 Å². The molecule has 3 aliphatic heterocycles. The molecule has 154 valence electrons. The van der Waals surface area contributed by atoms with Crippen molar-refractivity contribution in [2.75, 3.05) is 26.2 Å². The van der Waals surface area contributed by atoms with Crippen molar-refractivity contribution in [3.05, 3.63) is 35.9 Å². The highest BCUT2D eigenvalue weighted by atomic mass is 35.5. The second-order valence-electron chi connectivity index (χ2n) is 7.99. The molecular formula is C21H30ClN3O3. The van der Waals surface area contributed by atoms with Crippen LogP contribution in [0.2, 0.25) is 0 Å². The Kier molecular flexibility index (Phi) is 7.32. The molecule has 1 aromatic carbocycles. The monoisotopic (exact) mass is 407 g/mol. The number of carbonyl (C=O) groups excluding carboxylic acids is 2. The number of ether oxygens (including phenoxy) is 1. The number of benzene rings is 1. The van der Waals surface area contributed by atoms with Gasteiger partial charge in [0.1, 0.15) is 0 Å². The number of fused-ring (bicyclic) bond motifs is 2. The average Bonchev–Trinajstić information content (AvgIpc) is 3.07. The minimum Gasteiger partial charge on any atom is -0.373 e. The second-order valence-corrected chi connectivity index (χ2v) is 7.99. The van der Waals surface area contributed by atoms with Crippen LogP contribution in [-0.4, -0.2) is 66.0 Å². The van der Waals surface area contributed by atoms with Gasteiger partial charge >= 0.3 is 0 Å². The SMILES string of the molecule is Cl.O=C(CN1C[C@@H]2CC[C@H](CC1=O)N2)N1CCC(OCc2ccccc2)CC1. The van der Waals surface area contributed by atoms with Crippen molar-refractivity contribution in [2.24, 2.45) is 0 Å². The number of piperidine rings is 1. The van der Waals surface area contributed by atoms with Crippen LogP contribution in [0.15, 0.2) is 30.3 Å². The minimum atomic E-state index is 0. The number of nitrogens with zero attached hydrogens (tertiary/aromatic N) is 2. The highest BCUT2D eigenvalue weighted by Gasteiger charge is 2.35. The first-order valence-corrected chi connectivity index (χ1v) is 10.1. The maximum atomic E-state index is 12.7. The van der Waals surface area contributed by atoms with E-state index in [1.807, 2.05) is 23.1 Å². The lowest BCUT2D eigenvalue weighted by Gasteiger charge is -2.34. The molecule has 0 spiro atoms. The van der Waals surface area contributed by atoms with E-state index in [0.29, 0.717) is 44.7 Å². The normalized spacial score (nSPS) is 25.4. The van der Waals surface area contributed by atoms with Crippen LogP contribution in [0.5, 0.6) is 0 Å². The van der Waals surface area contributed by atoms with Crippen LogP contribution in [0.1, 0.15) is 37.7 Å². The summed E-state index contributed by atoms with van der Waals surface area (Å²) in [7, 11) is 0. The quantitative estimate of drug-likeness (QED) is 0.810. The van der Waals surface area contributed by atoms with E-state index in [1.165, 1.54) is 5.56 Å². The first-order valence-electron chi connectivity index (χ1n) is 10.1. The summed E-state index contributed by atoms with van der Waals surface area (Å²) in [6.07, 6.45) is 4.63. The summed E-state index contributed by atoms with van der Waals surface area (Å²) in [5.41, 5.74) is 1.18. The Hall–Kier alpha value is -1.63. The predicted octanol–water partition coefficient (Wildman–Crippen LogP) is 1.97. The van der Waals surface area contributed by atoms with Crippen molar-refractivity contribution in [3.8, 4) is 0 Å². The summed E-state index contributed by atoms with van der Waals surface area (Å²) in [5.74, 6) is 0.187. The third-order valence-corrected chi connectivity index (χ3v) is 6.00. The van der Waals surface area contributed by atoms with Gasteiger partial charge in [-0.05, 0) is 31.2 Å². The van der Waals surface area contributed by atoms with Crippen LogP contribution in [0, 0.1) is 0 Å². The summed E-state index contributed by atoms with van der Waals surface area (Å²) in [6, 6.07) is 10.8. The molecule has 0 radical (unpaired) electrons. The van der Waals surface area contributed by atoms with Crippen LogP contribution in [-0.2, 0) is 20.9 Å². The van der Waals surface area contributed by atoms with Crippen LogP contribution >= 0.6 is 12.4 Å². The molecule has 7 heteroatoms. The highest BCUT2D eigenvalue weighted by Crippen LogP contribution is 2.22. The molecular weight excluding hydrogens is 378 g/mol. The maximum Gasteiger partial charge on any atom is 0.242 e. The van der Waals surface area contributed by atoms with Gasteiger partial charge in [-0.25, -0.2) is 0 Å². The molecule has 3 heterocycles. The van der Waals surface area contributed by atoms with E-state index >= 15 is 0 Å². The molecule has 0 aromatic heterocycles. The van der Waals surface area contributed by atoms with E-state index in [-0.39, 0.29) is 36.9 Å². The second kappa shape index (κ2) is 9.72. The number of halogens is 1.